The van der Waals surface area contributed by atoms with Crippen LogP contribution in [0.1, 0.15) is 38.2 Å². The zero-order chi connectivity index (χ0) is 14.1. The van der Waals surface area contributed by atoms with Gasteiger partial charge in [0.15, 0.2) is 0 Å². The first-order valence-corrected chi connectivity index (χ1v) is 6.48. The molecule has 1 aromatic carbocycles. The van der Waals surface area contributed by atoms with E-state index in [1.54, 1.807) is 13.1 Å². The molecule has 1 unspecified atom stereocenters. The summed E-state index contributed by atoms with van der Waals surface area (Å²) < 4.78 is 4.67. The van der Waals surface area contributed by atoms with Crippen LogP contribution in [-0.4, -0.2) is 24.6 Å². The number of rotatable bonds is 5. The highest BCUT2D eigenvalue weighted by molar-refractivity contribution is 6.35. The number of nitrogens with one attached hydrogen (secondary N) is 1. The summed E-state index contributed by atoms with van der Waals surface area (Å²) in [5.41, 5.74) is 1.29. The molecule has 1 rings (SSSR count). The lowest BCUT2D eigenvalue weighted by Gasteiger charge is -2.09. The second kappa shape index (κ2) is 8.19. The minimum Gasteiger partial charge on any atom is -0.460 e. The van der Waals surface area contributed by atoms with E-state index < -0.39 is 5.97 Å². The van der Waals surface area contributed by atoms with Gasteiger partial charge in [0.25, 0.3) is 0 Å². The van der Waals surface area contributed by atoms with Gasteiger partial charge in [-0.1, -0.05) is 37.3 Å². The Morgan fingerprint density at radius 1 is 1.42 bits per heavy atom. The molecule has 4 heteroatoms. The van der Waals surface area contributed by atoms with Crippen LogP contribution in [0.2, 0.25) is 0 Å². The highest BCUT2D eigenvalue weighted by Gasteiger charge is 2.07. The fourth-order valence-electron chi connectivity index (χ4n) is 1.68. The van der Waals surface area contributed by atoms with Crippen LogP contribution in [0, 0.1) is 5.41 Å². The highest BCUT2D eigenvalue weighted by atomic mass is 16.5. The van der Waals surface area contributed by atoms with E-state index in [1.165, 1.54) is 5.56 Å². The van der Waals surface area contributed by atoms with Gasteiger partial charge in [0.2, 0.25) is 5.84 Å². The monoisotopic (exact) mass is 260 g/mol. The first-order valence-electron chi connectivity index (χ1n) is 6.48. The van der Waals surface area contributed by atoms with Crippen LogP contribution in [0.3, 0.4) is 0 Å². The highest BCUT2D eigenvalue weighted by Crippen LogP contribution is 2.19. The number of esters is 1. The Balaban J connectivity index is 2.34. The standard InChI is InChI=1S/C15H20N2O2/c1-3-19-15(18)14(16)17-11-7-8-12(2)13-9-5-4-6-10-13/h4-6,9-12,16H,3,7-8H2,1-2H3/b16-14?,17-11+. The molecular weight excluding hydrogens is 240 g/mol. The SMILES string of the molecule is CCOC(=O)C(=N)/N=C/CCC(C)c1ccccc1. The summed E-state index contributed by atoms with van der Waals surface area (Å²) in [7, 11) is 0. The van der Waals surface area contributed by atoms with Gasteiger partial charge in [-0.25, -0.2) is 9.79 Å². The predicted octanol–water partition coefficient (Wildman–Crippen LogP) is 3.18. The van der Waals surface area contributed by atoms with Crippen molar-refractivity contribution >= 4 is 18.0 Å². The molecule has 0 radical (unpaired) electrons. The number of benzene rings is 1. The largest absolute Gasteiger partial charge is 0.460 e. The number of amidine groups is 1. The molecule has 19 heavy (non-hydrogen) atoms. The molecule has 0 saturated heterocycles. The van der Waals surface area contributed by atoms with Gasteiger partial charge in [-0.05, 0) is 31.2 Å². The number of hydrogen-bond acceptors (Lipinski definition) is 3. The van der Waals surface area contributed by atoms with E-state index in [4.69, 9.17) is 5.41 Å². The molecule has 0 saturated carbocycles. The van der Waals surface area contributed by atoms with Crippen molar-refractivity contribution in [2.75, 3.05) is 6.61 Å². The maximum atomic E-state index is 11.1. The van der Waals surface area contributed by atoms with Gasteiger partial charge in [0.05, 0.1) is 6.61 Å². The van der Waals surface area contributed by atoms with E-state index in [9.17, 15) is 4.79 Å². The van der Waals surface area contributed by atoms with Gasteiger partial charge in [-0.15, -0.1) is 0 Å². The second-order valence-electron chi connectivity index (χ2n) is 4.27. The van der Waals surface area contributed by atoms with Crippen LogP contribution >= 0.6 is 0 Å². The molecule has 0 aliphatic heterocycles. The topological polar surface area (TPSA) is 62.5 Å². The first kappa shape index (κ1) is 15.1. The van der Waals surface area contributed by atoms with E-state index in [-0.39, 0.29) is 12.4 Å². The maximum Gasteiger partial charge on any atom is 0.375 e. The average Bonchev–Trinajstić information content (AvgIpc) is 2.44. The number of ether oxygens (including phenoxy) is 1. The molecule has 0 bridgehead atoms. The lowest BCUT2D eigenvalue weighted by molar-refractivity contribution is -0.135. The number of nitrogens with zero attached hydrogens (tertiary/aromatic N) is 1. The van der Waals surface area contributed by atoms with Crippen molar-refractivity contribution in [3.8, 4) is 0 Å². The molecule has 0 heterocycles. The summed E-state index contributed by atoms with van der Waals surface area (Å²) in [4.78, 5) is 14.9. The number of carbonyl (C=O) groups is 1. The molecule has 0 aliphatic rings. The Hall–Kier alpha value is -1.97. The van der Waals surface area contributed by atoms with Crippen molar-refractivity contribution < 1.29 is 9.53 Å². The van der Waals surface area contributed by atoms with Crippen molar-refractivity contribution in [1.29, 1.82) is 5.41 Å². The third kappa shape index (κ3) is 5.46. The molecule has 1 N–H and O–H groups in total. The molecule has 4 nitrogen and oxygen atoms in total. The van der Waals surface area contributed by atoms with Crippen LogP contribution in [0.25, 0.3) is 0 Å². The summed E-state index contributed by atoms with van der Waals surface area (Å²) >= 11 is 0. The molecule has 0 aliphatic carbocycles. The molecule has 0 fully saturated rings. The van der Waals surface area contributed by atoms with Crippen LogP contribution in [0.4, 0.5) is 0 Å². The Labute approximate surface area is 114 Å². The smallest absolute Gasteiger partial charge is 0.375 e. The Morgan fingerprint density at radius 3 is 2.74 bits per heavy atom. The van der Waals surface area contributed by atoms with Crippen molar-refractivity contribution in [1.82, 2.24) is 0 Å². The Kier molecular flexibility index (Phi) is 6.50. The van der Waals surface area contributed by atoms with Crippen molar-refractivity contribution in [2.45, 2.75) is 32.6 Å². The van der Waals surface area contributed by atoms with E-state index in [0.29, 0.717) is 5.92 Å². The van der Waals surface area contributed by atoms with E-state index in [2.05, 4.69) is 28.8 Å². The van der Waals surface area contributed by atoms with Gasteiger partial charge < -0.3 is 4.74 Å². The predicted molar refractivity (Wildman–Crippen MR) is 76.9 cm³/mol. The van der Waals surface area contributed by atoms with Crippen molar-refractivity contribution in [3.05, 3.63) is 35.9 Å². The maximum absolute atomic E-state index is 11.1. The Bertz CT molecular complexity index is 441. The van der Waals surface area contributed by atoms with Crippen molar-refractivity contribution in [2.24, 2.45) is 4.99 Å². The van der Waals surface area contributed by atoms with Gasteiger partial charge in [0, 0.05) is 6.21 Å². The molecule has 0 aromatic heterocycles. The van der Waals surface area contributed by atoms with Crippen molar-refractivity contribution in [3.63, 3.8) is 0 Å². The van der Waals surface area contributed by atoms with Gasteiger partial charge in [0.1, 0.15) is 0 Å². The van der Waals surface area contributed by atoms with E-state index in [0.717, 1.165) is 12.8 Å². The van der Waals surface area contributed by atoms with Gasteiger partial charge >= 0.3 is 5.97 Å². The fraction of sp³-hybridized carbons (Fsp3) is 0.400. The molecule has 1 aromatic rings. The van der Waals surface area contributed by atoms with Gasteiger partial charge in [-0.3, -0.25) is 5.41 Å². The summed E-state index contributed by atoms with van der Waals surface area (Å²) in [5, 5.41) is 7.38. The van der Waals surface area contributed by atoms with Crippen LogP contribution in [-0.2, 0) is 9.53 Å². The van der Waals surface area contributed by atoms with E-state index in [1.807, 2.05) is 18.2 Å². The van der Waals surface area contributed by atoms with Crippen LogP contribution in [0.15, 0.2) is 35.3 Å². The number of carbonyl (C=O) groups excluding carboxylic acids is 1. The zero-order valence-corrected chi connectivity index (χ0v) is 11.4. The number of hydrogen-bond donors (Lipinski definition) is 1. The zero-order valence-electron chi connectivity index (χ0n) is 11.4. The molecule has 0 amide bonds. The molecule has 1 atom stereocenters. The second-order valence-corrected chi connectivity index (χ2v) is 4.27. The van der Waals surface area contributed by atoms with Crippen LogP contribution in [0.5, 0.6) is 0 Å². The first-order chi connectivity index (χ1) is 9.15. The van der Waals surface area contributed by atoms with Gasteiger partial charge in [-0.2, -0.15) is 0 Å². The minimum absolute atomic E-state index is 0.266. The number of aliphatic imine (C=N–C) groups is 1. The normalized spacial score (nSPS) is 12.3. The summed E-state index contributed by atoms with van der Waals surface area (Å²) in [6.07, 6.45) is 3.28. The average molecular weight is 260 g/mol. The summed E-state index contributed by atoms with van der Waals surface area (Å²) in [5.74, 6) is -0.575. The quantitative estimate of drug-likeness (QED) is 0.502. The molecule has 0 spiro atoms. The third-order valence-corrected chi connectivity index (χ3v) is 2.79. The Morgan fingerprint density at radius 2 is 2.11 bits per heavy atom. The third-order valence-electron chi connectivity index (χ3n) is 2.79. The molecule has 102 valence electrons. The lowest BCUT2D eigenvalue weighted by atomic mass is 9.97. The summed E-state index contributed by atoms with van der Waals surface area (Å²) in [6.45, 7) is 4.12. The van der Waals surface area contributed by atoms with E-state index >= 15 is 0 Å². The molecular formula is C15H20N2O2. The minimum atomic E-state index is -0.671. The lowest BCUT2D eigenvalue weighted by Crippen LogP contribution is -2.14. The summed E-state index contributed by atoms with van der Waals surface area (Å²) in [6, 6.07) is 10.2. The fourth-order valence-corrected chi connectivity index (χ4v) is 1.68. The van der Waals surface area contributed by atoms with Crippen LogP contribution < -0.4 is 0 Å².